The molecule has 3 aromatic carbocycles. The molecular weight excluding hydrogens is 619 g/mol. The molecule has 1 N–H and O–H groups in total. The third kappa shape index (κ3) is 7.78. The van der Waals surface area contributed by atoms with Crippen molar-refractivity contribution in [3.63, 3.8) is 0 Å². The molecule has 0 saturated carbocycles. The first-order chi connectivity index (χ1) is 19.3. The molecule has 1 aromatic heterocycles. The van der Waals surface area contributed by atoms with E-state index in [9.17, 15) is 26.4 Å². The van der Waals surface area contributed by atoms with Crippen molar-refractivity contribution < 1.29 is 26.4 Å². The molecule has 4 aromatic rings. The number of para-hydroxylation sites is 1. The number of fused-ring (bicyclic) bond motifs is 1. The number of rotatable bonds is 11. The van der Waals surface area contributed by atoms with Crippen LogP contribution in [0.15, 0.2) is 88.4 Å². The average molecular weight is 651 g/mol. The van der Waals surface area contributed by atoms with Crippen LogP contribution in [0.1, 0.15) is 30.5 Å². The third-order valence-corrected chi connectivity index (χ3v) is 9.02. The summed E-state index contributed by atoms with van der Waals surface area (Å²) in [7, 11) is -3.99. The molecule has 0 aliphatic heterocycles. The van der Waals surface area contributed by atoms with Gasteiger partial charge < -0.3 is 9.88 Å². The lowest BCUT2D eigenvalue weighted by Gasteiger charge is -2.28. The van der Waals surface area contributed by atoms with Gasteiger partial charge in [0.05, 0.1) is 17.0 Å². The Bertz CT molecular complexity index is 1590. The van der Waals surface area contributed by atoms with E-state index in [2.05, 4.69) is 20.9 Å². The van der Waals surface area contributed by atoms with Crippen LogP contribution in [0.5, 0.6) is 0 Å². The van der Waals surface area contributed by atoms with Gasteiger partial charge in [-0.3, -0.25) is 4.79 Å². The van der Waals surface area contributed by atoms with Crippen LogP contribution in [0.4, 0.5) is 13.2 Å². The van der Waals surface area contributed by atoms with Crippen LogP contribution in [0.2, 0.25) is 0 Å². The maximum atomic E-state index is 13.7. The summed E-state index contributed by atoms with van der Waals surface area (Å²) in [6.07, 6.45) is -2.13. The predicted octanol–water partition coefficient (Wildman–Crippen LogP) is 6.87. The number of aromatic nitrogens is 1. The number of halogens is 4. The summed E-state index contributed by atoms with van der Waals surface area (Å²) >= 11 is 3.31. The highest BCUT2D eigenvalue weighted by molar-refractivity contribution is 9.10. The molecule has 0 spiro atoms. The van der Waals surface area contributed by atoms with E-state index < -0.39 is 34.2 Å². The SMILES string of the molecule is CC(C)CN(CC(=O)N(CCc1c[nH]c2ccccc12)Cc1ccc(C(F)(F)F)cc1)S(=O)(=O)c1ccc(Br)cc1. The second-order valence-electron chi connectivity index (χ2n) is 10.3. The molecule has 0 saturated heterocycles. The highest BCUT2D eigenvalue weighted by Crippen LogP contribution is 2.29. The fourth-order valence-electron chi connectivity index (χ4n) is 4.57. The molecule has 0 bridgehead atoms. The number of sulfonamides is 1. The Balaban J connectivity index is 1.60. The number of benzene rings is 3. The van der Waals surface area contributed by atoms with Gasteiger partial charge in [-0.2, -0.15) is 17.5 Å². The summed E-state index contributed by atoms with van der Waals surface area (Å²) in [5.41, 5.74) is 1.66. The zero-order chi connectivity index (χ0) is 29.8. The normalized spacial score (nSPS) is 12.4. The number of amides is 1. The Morgan fingerprint density at radius 2 is 1.63 bits per heavy atom. The van der Waals surface area contributed by atoms with E-state index in [1.807, 2.05) is 44.3 Å². The van der Waals surface area contributed by atoms with Crippen LogP contribution in [-0.4, -0.2) is 48.1 Å². The Morgan fingerprint density at radius 1 is 0.976 bits per heavy atom. The number of H-pyrrole nitrogens is 1. The average Bonchev–Trinajstić information content (AvgIpc) is 3.33. The summed E-state index contributed by atoms with van der Waals surface area (Å²) in [5, 5.41) is 1.01. The maximum Gasteiger partial charge on any atom is 0.416 e. The fourth-order valence-corrected chi connectivity index (χ4v) is 6.38. The predicted molar refractivity (Wildman–Crippen MR) is 157 cm³/mol. The lowest BCUT2D eigenvalue weighted by atomic mass is 10.1. The van der Waals surface area contributed by atoms with Crippen molar-refractivity contribution in [1.82, 2.24) is 14.2 Å². The van der Waals surface area contributed by atoms with Crippen molar-refractivity contribution in [2.75, 3.05) is 19.6 Å². The van der Waals surface area contributed by atoms with Gasteiger partial charge in [0.15, 0.2) is 0 Å². The van der Waals surface area contributed by atoms with Crippen molar-refractivity contribution in [1.29, 1.82) is 0 Å². The molecule has 0 atom stereocenters. The molecule has 11 heteroatoms. The van der Waals surface area contributed by atoms with Crippen LogP contribution < -0.4 is 0 Å². The van der Waals surface area contributed by atoms with Crippen LogP contribution in [-0.2, 0) is 34.0 Å². The second-order valence-corrected chi connectivity index (χ2v) is 13.1. The molecular formula is C30H31BrF3N3O3S. The zero-order valence-corrected chi connectivity index (χ0v) is 25.1. The molecule has 1 amide bonds. The van der Waals surface area contributed by atoms with Gasteiger partial charge in [0.25, 0.3) is 0 Å². The van der Waals surface area contributed by atoms with Gasteiger partial charge >= 0.3 is 6.18 Å². The molecule has 0 fully saturated rings. The van der Waals surface area contributed by atoms with Crippen LogP contribution >= 0.6 is 15.9 Å². The van der Waals surface area contributed by atoms with Crippen molar-refractivity contribution in [2.45, 2.75) is 37.9 Å². The van der Waals surface area contributed by atoms with Crippen LogP contribution in [0.25, 0.3) is 10.9 Å². The van der Waals surface area contributed by atoms with Crippen molar-refractivity contribution in [2.24, 2.45) is 5.92 Å². The van der Waals surface area contributed by atoms with E-state index >= 15 is 0 Å². The van der Waals surface area contributed by atoms with E-state index in [-0.39, 0.29) is 30.4 Å². The van der Waals surface area contributed by atoms with Crippen molar-refractivity contribution >= 4 is 42.8 Å². The van der Waals surface area contributed by atoms with Gasteiger partial charge in [0.2, 0.25) is 15.9 Å². The van der Waals surface area contributed by atoms with Crippen LogP contribution in [0, 0.1) is 5.92 Å². The van der Waals surface area contributed by atoms with E-state index in [0.717, 1.165) is 33.1 Å². The van der Waals surface area contributed by atoms with Crippen LogP contribution in [0.3, 0.4) is 0 Å². The summed E-state index contributed by atoms with van der Waals surface area (Å²) in [4.78, 5) is 18.5. The number of nitrogens with zero attached hydrogens (tertiary/aromatic N) is 2. The van der Waals surface area contributed by atoms with Gasteiger partial charge in [-0.15, -0.1) is 0 Å². The highest BCUT2D eigenvalue weighted by atomic mass is 79.9. The quantitative estimate of drug-likeness (QED) is 0.193. The second kappa shape index (κ2) is 12.8. The number of hydrogen-bond acceptors (Lipinski definition) is 3. The number of carbonyl (C=O) groups excluding carboxylic acids is 1. The van der Waals surface area contributed by atoms with Gasteiger partial charge in [-0.25, -0.2) is 8.42 Å². The van der Waals surface area contributed by atoms with Crippen molar-refractivity contribution in [3.05, 3.63) is 100 Å². The summed E-state index contributed by atoms with van der Waals surface area (Å²) in [6.45, 7) is 3.74. The minimum absolute atomic E-state index is 0.0349. The van der Waals surface area contributed by atoms with E-state index in [0.29, 0.717) is 12.0 Å². The topological polar surface area (TPSA) is 73.5 Å². The molecule has 6 nitrogen and oxygen atoms in total. The molecule has 0 aliphatic rings. The van der Waals surface area contributed by atoms with Gasteiger partial charge in [0.1, 0.15) is 0 Å². The first kappa shape index (κ1) is 30.8. The molecule has 41 heavy (non-hydrogen) atoms. The number of aromatic amines is 1. The lowest BCUT2D eigenvalue weighted by Crippen LogP contribution is -2.44. The largest absolute Gasteiger partial charge is 0.416 e. The molecule has 0 aliphatic carbocycles. The number of alkyl halides is 3. The minimum Gasteiger partial charge on any atom is -0.361 e. The standard InChI is InChI=1S/C30H31BrF3N3O3S/c1-21(2)18-37(41(39,40)26-13-11-25(31)12-14-26)20-29(38)36(19-22-7-9-24(10-8-22)30(32,33)34)16-15-23-17-35-28-6-4-3-5-27(23)28/h3-14,17,21,35H,15-16,18-20H2,1-2H3. The fraction of sp³-hybridized carbons (Fsp3) is 0.300. The first-order valence-electron chi connectivity index (χ1n) is 13.1. The third-order valence-electron chi connectivity index (χ3n) is 6.67. The van der Waals surface area contributed by atoms with E-state index in [1.54, 1.807) is 12.1 Å². The lowest BCUT2D eigenvalue weighted by molar-refractivity contribution is -0.137. The summed E-state index contributed by atoms with van der Waals surface area (Å²) < 4.78 is 68.3. The Hall–Kier alpha value is -3.15. The minimum atomic E-state index is -4.47. The Labute approximate surface area is 246 Å². The number of carbonyl (C=O) groups is 1. The number of nitrogens with one attached hydrogen (secondary N) is 1. The highest BCUT2D eigenvalue weighted by Gasteiger charge is 2.31. The summed E-state index contributed by atoms with van der Waals surface area (Å²) in [6, 6.07) is 18.6. The van der Waals surface area contributed by atoms with E-state index in [1.165, 1.54) is 33.5 Å². The number of hydrogen-bond donors (Lipinski definition) is 1. The molecule has 218 valence electrons. The summed E-state index contributed by atoms with van der Waals surface area (Å²) in [5.74, 6) is -0.492. The Kier molecular flexibility index (Phi) is 9.61. The van der Waals surface area contributed by atoms with Gasteiger partial charge in [0, 0.05) is 41.2 Å². The van der Waals surface area contributed by atoms with Gasteiger partial charge in [-0.05, 0) is 65.9 Å². The van der Waals surface area contributed by atoms with Crippen molar-refractivity contribution in [3.8, 4) is 0 Å². The molecule has 4 rings (SSSR count). The molecule has 0 radical (unpaired) electrons. The monoisotopic (exact) mass is 649 g/mol. The van der Waals surface area contributed by atoms with Gasteiger partial charge in [-0.1, -0.05) is 60.1 Å². The molecule has 1 heterocycles. The zero-order valence-electron chi connectivity index (χ0n) is 22.7. The smallest absolute Gasteiger partial charge is 0.361 e. The molecule has 0 unspecified atom stereocenters. The van der Waals surface area contributed by atoms with E-state index in [4.69, 9.17) is 0 Å². The maximum absolute atomic E-state index is 13.7. The first-order valence-corrected chi connectivity index (χ1v) is 15.3. The Morgan fingerprint density at radius 3 is 2.27 bits per heavy atom.